The van der Waals surface area contributed by atoms with Gasteiger partial charge in [0.1, 0.15) is 0 Å². The van der Waals surface area contributed by atoms with Gasteiger partial charge >= 0.3 is 0 Å². The van der Waals surface area contributed by atoms with Crippen LogP contribution in [0.5, 0.6) is 0 Å². The van der Waals surface area contributed by atoms with Gasteiger partial charge in [0.2, 0.25) is 0 Å². The number of carbonyl (C=O) groups excluding carboxylic acids is 1. The summed E-state index contributed by atoms with van der Waals surface area (Å²) in [5.74, 6) is -0.163. The average molecular weight is 263 g/mol. The van der Waals surface area contributed by atoms with E-state index in [0.29, 0.717) is 16.9 Å². The molecule has 0 bridgehead atoms. The SMILES string of the molecule is CN(C(=O)c1ccc(N)cc1N)C1CCCCC1O. The third kappa shape index (κ3) is 2.81. The van der Waals surface area contributed by atoms with Crippen LogP contribution >= 0.6 is 0 Å². The Labute approximate surface area is 113 Å². The average Bonchev–Trinajstić information content (AvgIpc) is 2.38. The maximum Gasteiger partial charge on any atom is 0.256 e. The van der Waals surface area contributed by atoms with Gasteiger partial charge in [-0.05, 0) is 31.0 Å². The molecule has 1 aliphatic carbocycles. The zero-order valence-corrected chi connectivity index (χ0v) is 11.2. The van der Waals surface area contributed by atoms with Crippen LogP contribution in [0.25, 0.3) is 0 Å². The third-order valence-corrected chi connectivity index (χ3v) is 3.82. The lowest BCUT2D eigenvalue weighted by atomic mass is 9.91. The van der Waals surface area contributed by atoms with Crippen molar-refractivity contribution in [2.45, 2.75) is 37.8 Å². The molecule has 104 valence electrons. The Morgan fingerprint density at radius 2 is 2.00 bits per heavy atom. The first kappa shape index (κ1) is 13.7. The molecule has 0 radical (unpaired) electrons. The molecular formula is C14H21N3O2. The number of benzene rings is 1. The second-order valence-electron chi connectivity index (χ2n) is 5.18. The zero-order chi connectivity index (χ0) is 14.0. The van der Waals surface area contributed by atoms with E-state index < -0.39 is 6.10 Å². The standard InChI is InChI=1S/C14H21N3O2/c1-17(12-4-2-3-5-13(12)18)14(19)10-7-6-9(15)8-11(10)16/h6-8,12-13,18H,2-5,15-16H2,1H3. The van der Waals surface area contributed by atoms with Crippen molar-refractivity contribution in [2.75, 3.05) is 18.5 Å². The topological polar surface area (TPSA) is 92.6 Å². The summed E-state index contributed by atoms with van der Waals surface area (Å²) in [5.41, 5.74) is 12.8. The number of aliphatic hydroxyl groups excluding tert-OH is 1. The molecular weight excluding hydrogens is 242 g/mol. The summed E-state index contributed by atoms with van der Waals surface area (Å²) < 4.78 is 0. The molecule has 5 N–H and O–H groups in total. The molecule has 2 rings (SSSR count). The van der Waals surface area contributed by atoms with Gasteiger partial charge in [-0.25, -0.2) is 0 Å². The minimum Gasteiger partial charge on any atom is -0.399 e. The Kier molecular flexibility index (Phi) is 3.95. The number of hydrogen-bond acceptors (Lipinski definition) is 4. The van der Waals surface area contributed by atoms with Crippen LogP contribution in [0, 0.1) is 0 Å². The van der Waals surface area contributed by atoms with Gasteiger partial charge in [0.15, 0.2) is 0 Å². The first-order chi connectivity index (χ1) is 9.00. The summed E-state index contributed by atoms with van der Waals surface area (Å²) in [6, 6.07) is 4.75. The molecule has 0 aromatic heterocycles. The van der Waals surface area contributed by atoms with Crippen LogP contribution in [0.2, 0.25) is 0 Å². The molecule has 0 saturated heterocycles. The summed E-state index contributed by atoms with van der Waals surface area (Å²) in [5, 5.41) is 10.0. The molecule has 0 heterocycles. The van der Waals surface area contributed by atoms with E-state index in [1.54, 1.807) is 30.1 Å². The first-order valence-corrected chi connectivity index (χ1v) is 6.61. The highest BCUT2D eigenvalue weighted by molar-refractivity contribution is 5.99. The molecule has 1 saturated carbocycles. The van der Waals surface area contributed by atoms with E-state index in [9.17, 15) is 9.90 Å². The number of nitrogens with two attached hydrogens (primary N) is 2. The Bertz CT molecular complexity index is 476. The van der Waals surface area contributed by atoms with E-state index in [-0.39, 0.29) is 11.9 Å². The number of rotatable bonds is 2. The smallest absolute Gasteiger partial charge is 0.256 e. The van der Waals surface area contributed by atoms with Gasteiger partial charge in [-0.15, -0.1) is 0 Å². The minimum absolute atomic E-state index is 0.127. The number of amides is 1. The molecule has 5 nitrogen and oxygen atoms in total. The van der Waals surface area contributed by atoms with E-state index in [4.69, 9.17) is 11.5 Å². The first-order valence-electron chi connectivity index (χ1n) is 6.61. The van der Waals surface area contributed by atoms with Crippen LogP contribution in [0.4, 0.5) is 11.4 Å². The Balaban J connectivity index is 2.18. The van der Waals surface area contributed by atoms with Crippen LogP contribution in [0.15, 0.2) is 18.2 Å². The second-order valence-corrected chi connectivity index (χ2v) is 5.18. The fourth-order valence-corrected chi connectivity index (χ4v) is 2.66. The molecule has 1 aromatic carbocycles. The minimum atomic E-state index is -0.447. The maximum absolute atomic E-state index is 12.4. The number of anilines is 2. The summed E-state index contributed by atoms with van der Waals surface area (Å²) in [6.07, 6.45) is 3.19. The Morgan fingerprint density at radius 1 is 1.32 bits per heavy atom. The van der Waals surface area contributed by atoms with Crippen LogP contribution in [-0.2, 0) is 0 Å². The van der Waals surface area contributed by atoms with Crippen molar-refractivity contribution in [3.63, 3.8) is 0 Å². The molecule has 2 unspecified atom stereocenters. The van der Waals surface area contributed by atoms with Crippen LogP contribution in [0.3, 0.4) is 0 Å². The highest BCUT2D eigenvalue weighted by Gasteiger charge is 2.30. The number of aliphatic hydroxyl groups is 1. The summed E-state index contributed by atoms with van der Waals surface area (Å²) >= 11 is 0. The molecule has 1 aromatic rings. The van der Waals surface area contributed by atoms with E-state index in [1.165, 1.54) is 0 Å². The van der Waals surface area contributed by atoms with Crippen molar-refractivity contribution in [1.29, 1.82) is 0 Å². The summed E-state index contributed by atoms with van der Waals surface area (Å²) in [7, 11) is 1.72. The number of carbonyl (C=O) groups is 1. The van der Waals surface area contributed by atoms with Gasteiger partial charge < -0.3 is 21.5 Å². The largest absolute Gasteiger partial charge is 0.399 e. The van der Waals surface area contributed by atoms with Crippen LogP contribution in [-0.4, -0.2) is 35.1 Å². The van der Waals surface area contributed by atoms with Gasteiger partial charge in [0.25, 0.3) is 5.91 Å². The van der Waals surface area contributed by atoms with Crippen molar-refractivity contribution in [1.82, 2.24) is 4.90 Å². The van der Waals surface area contributed by atoms with E-state index >= 15 is 0 Å². The molecule has 1 aliphatic rings. The lowest BCUT2D eigenvalue weighted by molar-refractivity contribution is 0.0268. The van der Waals surface area contributed by atoms with Gasteiger partial charge in [-0.3, -0.25) is 4.79 Å². The summed E-state index contributed by atoms with van der Waals surface area (Å²) in [6.45, 7) is 0. The Morgan fingerprint density at radius 3 is 2.63 bits per heavy atom. The zero-order valence-electron chi connectivity index (χ0n) is 11.2. The van der Waals surface area contributed by atoms with Crippen molar-refractivity contribution in [3.8, 4) is 0 Å². The predicted molar refractivity (Wildman–Crippen MR) is 75.6 cm³/mol. The maximum atomic E-state index is 12.4. The van der Waals surface area contributed by atoms with Crippen LogP contribution in [0.1, 0.15) is 36.0 Å². The van der Waals surface area contributed by atoms with E-state index in [1.807, 2.05) is 0 Å². The highest BCUT2D eigenvalue weighted by Crippen LogP contribution is 2.25. The number of nitrogen functional groups attached to an aromatic ring is 2. The third-order valence-electron chi connectivity index (χ3n) is 3.82. The lowest BCUT2D eigenvalue weighted by Gasteiger charge is -2.35. The number of nitrogens with zero attached hydrogens (tertiary/aromatic N) is 1. The van der Waals surface area contributed by atoms with Crippen molar-refractivity contribution in [2.24, 2.45) is 0 Å². The van der Waals surface area contributed by atoms with Gasteiger partial charge in [-0.2, -0.15) is 0 Å². The molecule has 0 spiro atoms. The number of hydrogen-bond donors (Lipinski definition) is 3. The molecule has 0 aliphatic heterocycles. The van der Waals surface area contributed by atoms with Gasteiger partial charge in [-0.1, -0.05) is 12.8 Å². The monoisotopic (exact) mass is 263 g/mol. The van der Waals surface area contributed by atoms with E-state index in [2.05, 4.69) is 0 Å². The Hall–Kier alpha value is -1.75. The molecule has 2 atom stereocenters. The van der Waals surface area contributed by atoms with Crippen LogP contribution < -0.4 is 11.5 Å². The molecule has 1 amide bonds. The van der Waals surface area contributed by atoms with Crippen molar-refractivity contribution >= 4 is 17.3 Å². The molecule has 1 fully saturated rings. The number of likely N-dealkylation sites (N-methyl/N-ethyl adjacent to an activating group) is 1. The normalized spacial score (nSPS) is 23.1. The van der Waals surface area contributed by atoms with E-state index in [0.717, 1.165) is 25.7 Å². The fraction of sp³-hybridized carbons (Fsp3) is 0.500. The lowest BCUT2D eigenvalue weighted by Crippen LogP contribution is -2.46. The van der Waals surface area contributed by atoms with Gasteiger partial charge in [0, 0.05) is 18.4 Å². The molecule has 5 heteroatoms. The highest BCUT2D eigenvalue weighted by atomic mass is 16.3. The molecule has 19 heavy (non-hydrogen) atoms. The quantitative estimate of drug-likeness (QED) is 0.700. The fourth-order valence-electron chi connectivity index (χ4n) is 2.66. The van der Waals surface area contributed by atoms with Crippen molar-refractivity contribution in [3.05, 3.63) is 23.8 Å². The second kappa shape index (κ2) is 5.48. The van der Waals surface area contributed by atoms with Crippen molar-refractivity contribution < 1.29 is 9.90 Å². The predicted octanol–water partition coefficient (Wildman–Crippen LogP) is 1.23. The summed E-state index contributed by atoms with van der Waals surface area (Å²) in [4.78, 5) is 14.0. The van der Waals surface area contributed by atoms with Gasteiger partial charge in [0.05, 0.1) is 17.7 Å².